The van der Waals surface area contributed by atoms with E-state index in [1.54, 1.807) is 0 Å². The van der Waals surface area contributed by atoms with Gasteiger partial charge in [0.05, 0.1) is 27.6 Å². The minimum Gasteiger partial charge on any atom is -0.309 e. The zero-order chi connectivity index (χ0) is 37.0. The van der Waals surface area contributed by atoms with Gasteiger partial charge in [0.25, 0.3) is 0 Å². The lowest BCUT2D eigenvalue weighted by molar-refractivity contribution is 0.855. The van der Waals surface area contributed by atoms with Gasteiger partial charge in [-0.15, -0.1) is 0 Å². The predicted molar refractivity (Wildman–Crippen MR) is 233 cm³/mol. The summed E-state index contributed by atoms with van der Waals surface area (Å²) in [6, 6.07) is 62.9. The molecule has 0 amide bonds. The number of para-hydroxylation sites is 2. The Morgan fingerprint density at radius 3 is 1.91 bits per heavy atom. The average molecular weight is 717 g/mol. The molecule has 0 N–H and O–H groups in total. The van der Waals surface area contributed by atoms with Crippen LogP contribution in [0, 0.1) is 0 Å². The molecule has 0 saturated carbocycles. The maximum atomic E-state index is 5.33. The first-order chi connectivity index (χ1) is 27.8. The number of fused-ring (bicyclic) bond motifs is 6. The number of allylic oxidation sites excluding steroid dienone is 4. The molecule has 0 fully saturated rings. The number of benzene rings is 7. The number of hydrogen-bond donors (Lipinski definition) is 0. The van der Waals surface area contributed by atoms with Crippen molar-refractivity contribution in [3.05, 3.63) is 206 Å². The topological polar surface area (TPSA) is 35.6 Å². The summed E-state index contributed by atoms with van der Waals surface area (Å²) in [4.78, 5) is 10.6. The van der Waals surface area contributed by atoms with Crippen LogP contribution >= 0.6 is 0 Å². The van der Waals surface area contributed by atoms with Crippen molar-refractivity contribution in [2.75, 3.05) is 0 Å². The Balaban J connectivity index is 1.12. The van der Waals surface area contributed by atoms with Crippen molar-refractivity contribution in [3.63, 3.8) is 0 Å². The number of aromatic nitrogens is 4. The fourth-order valence-corrected chi connectivity index (χ4v) is 8.59. The van der Waals surface area contributed by atoms with Gasteiger partial charge in [0.15, 0.2) is 5.82 Å². The number of hydrogen-bond acceptors (Lipinski definition) is 2. The van der Waals surface area contributed by atoms with E-state index >= 15 is 0 Å². The average Bonchev–Trinajstić information content (AvgIpc) is 3.79. The second kappa shape index (κ2) is 13.2. The third kappa shape index (κ3) is 5.30. The second-order valence-electron chi connectivity index (χ2n) is 14.6. The quantitative estimate of drug-likeness (QED) is 0.172. The maximum absolute atomic E-state index is 5.33. The molecule has 0 saturated heterocycles. The summed E-state index contributed by atoms with van der Waals surface area (Å²) < 4.78 is 4.71. The van der Waals surface area contributed by atoms with E-state index in [4.69, 9.17) is 9.97 Å². The molecule has 4 nitrogen and oxygen atoms in total. The smallest absolute Gasteiger partial charge is 0.162 e. The van der Waals surface area contributed by atoms with Crippen LogP contribution in [0.2, 0.25) is 0 Å². The van der Waals surface area contributed by atoms with Crippen LogP contribution < -0.4 is 0 Å². The van der Waals surface area contributed by atoms with Gasteiger partial charge in [0.2, 0.25) is 0 Å². The van der Waals surface area contributed by atoms with Crippen molar-refractivity contribution < 1.29 is 0 Å². The molecule has 0 spiro atoms. The van der Waals surface area contributed by atoms with Crippen LogP contribution in [0.25, 0.3) is 88.9 Å². The molecule has 0 bridgehead atoms. The Labute approximate surface area is 325 Å². The molecule has 3 heterocycles. The van der Waals surface area contributed by atoms with Crippen LogP contribution in [0.3, 0.4) is 0 Å². The van der Waals surface area contributed by atoms with E-state index < -0.39 is 0 Å². The fraction of sp³-hybridized carbons (Fsp3) is 0.0385. The first-order valence-corrected chi connectivity index (χ1v) is 19.3. The summed E-state index contributed by atoms with van der Waals surface area (Å²) in [6.07, 6.45) is 9.92. The van der Waals surface area contributed by atoms with Gasteiger partial charge < -0.3 is 4.57 Å². The van der Waals surface area contributed by atoms with E-state index in [1.165, 1.54) is 27.4 Å². The van der Waals surface area contributed by atoms with E-state index in [1.807, 2.05) is 18.2 Å². The minimum absolute atomic E-state index is 0.398. The molecule has 0 radical (unpaired) electrons. The largest absolute Gasteiger partial charge is 0.309 e. The van der Waals surface area contributed by atoms with E-state index in [9.17, 15) is 0 Å². The molecule has 10 aromatic rings. The summed E-state index contributed by atoms with van der Waals surface area (Å²) in [6.45, 7) is 0. The highest BCUT2D eigenvalue weighted by Gasteiger charge is 2.22. The van der Waals surface area contributed by atoms with E-state index in [-0.39, 0.29) is 0 Å². The highest BCUT2D eigenvalue weighted by Crippen LogP contribution is 2.41. The Morgan fingerprint density at radius 1 is 0.446 bits per heavy atom. The number of rotatable bonds is 6. The predicted octanol–water partition coefficient (Wildman–Crippen LogP) is 13.3. The molecule has 4 heteroatoms. The van der Waals surface area contributed by atoms with Gasteiger partial charge in [-0.1, -0.05) is 146 Å². The Bertz CT molecular complexity index is 3150. The van der Waals surface area contributed by atoms with Crippen molar-refractivity contribution in [3.8, 4) is 45.1 Å². The zero-order valence-corrected chi connectivity index (χ0v) is 30.6. The van der Waals surface area contributed by atoms with Gasteiger partial charge in [0.1, 0.15) is 5.65 Å². The molecule has 0 aliphatic heterocycles. The highest BCUT2D eigenvalue weighted by atomic mass is 15.1. The van der Waals surface area contributed by atoms with E-state index in [2.05, 4.69) is 191 Å². The van der Waals surface area contributed by atoms with Crippen molar-refractivity contribution >= 4 is 43.7 Å². The lowest BCUT2D eigenvalue weighted by atomic mass is 9.91. The van der Waals surface area contributed by atoms with Gasteiger partial charge >= 0.3 is 0 Å². The molecule has 7 aromatic carbocycles. The third-order valence-corrected chi connectivity index (χ3v) is 11.2. The van der Waals surface area contributed by atoms with Gasteiger partial charge in [-0.25, -0.2) is 9.97 Å². The molecular weight excluding hydrogens is 681 g/mol. The van der Waals surface area contributed by atoms with Crippen molar-refractivity contribution in [1.82, 2.24) is 19.1 Å². The molecule has 1 atom stereocenters. The highest BCUT2D eigenvalue weighted by molar-refractivity contribution is 6.15. The van der Waals surface area contributed by atoms with Gasteiger partial charge in [0, 0.05) is 44.6 Å². The van der Waals surface area contributed by atoms with E-state index in [0.29, 0.717) is 11.7 Å². The normalized spacial score (nSPS) is 14.0. The summed E-state index contributed by atoms with van der Waals surface area (Å²) in [7, 11) is 0. The van der Waals surface area contributed by atoms with Gasteiger partial charge in [-0.3, -0.25) is 4.57 Å². The van der Waals surface area contributed by atoms with Crippen LogP contribution in [0.15, 0.2) is 200 Å². The standard InChI is InChI=1S/C52H36N4/c1-5-16-35(17-6-1)39-28-30-47-44(33-39)43-26-13-14-27-46(43)55(47)42-25-15-22-38(32-42)40-29-31-48-45(34-40)49-50(36-18-7-2-8-19-36)53-51(37-20-9-3-10-21-37)54-52(49)56(48)41-23-11-4-12-24-41/h1-16,18-35H,17H2. The fourth-order valence-electron chi connectivity index (χ4n) is 8.59. The number of nitrogens with zero attached hydrogens (tertiary/aromatic N) is 4. The van der Waals surface area contributed by atoms with Crippen LogP contribution in [-0.2, 0) is 0 Å². The summed E-state index contributed by atoms with van der Waals surface area (Å²) >= 11 is 0. The molecule has 1 aliphatic carbocycles. The third-order valence-electron chi connectivity index (χ3n) is 11.2. The maximum Gasteiger partial charge on any atom is 0.162 e. The Kier molecular flexibility index (Phi) is 7.59. The molecule has 1 unspecified atom stereocenters. The van der Waals surface area contributed by atoms with Crippen LogP contribution in [0.4, 0.5) is 0 Å². The first-order valence-electron chi connectivity index (χ1n) is 19.3. The van der Waals surface area contributed by atoms with Crippen molar-refractivity contribution in [1.29, 1.82) is 0 Å². The summed E-state index contributed by atoms with van der Waals surface area (Å²) in [5.41, 5.74) is 13.2. The Hall–Kier alpha value is -7.30. The second-order valence-corrected chi connectivity index (χ2v) is 14.6. The SMILES string of the molecule is C1=CCC(c2ccc3c(c2)c2ccccc2n3-c2cccc(-c3ccc4c(c3)c3c(-c5ccccc5)nc(-c5ccccc5)nc3n4-c3ccccc3)c2)C=C1. The Morgan fingerprint density at radius 2 is 1.11 bits per heavy atom. The van der Waals surface area contributed by atoms with Gasteiger partial charge in [-0.2, -0.15) is 0 Å². The molecule has 11 rings (SSSR count). The van der Waals surface area contributed by atoms with Gasteiger partial charge in [-0.05, 0) is 77.7 Å². The van der Waals surface area contributed by atoms with Crippen LogP contribution in [-0.4, -0.2) is 19.1 Å². The van der Waals surface area contributed by atoms with Crippen molar-refractivity contribution in [2.45, 2.75) is 12.3 Å². The first kappa shape index (κ1) is 32.2. The zero-order valence-electron chi connectivity index (χ0n) is 30.6. The monoisotopic (exact) mass is 716 g/mol. The lowest BCUT2D eigenvalue weighted by Gasteiger charge is -2.14. The molecular formula is C52H36N4. The summed E-state index contributed by atoms with van der Waals surface area (Å²) in [5, 5.41) is 4.70. The molecule has 56 heavy (non-hydrogen) atoms. The van der Waals surface area contributed by atoms with Crippen LogP contribution in [0.5, 0.6) is 0 Å². The lowest BCUT2D eigenvalue weighted by Crippen LogP contribution is -1.99. The van der Waals surface area contributed by atoms with Crippen LogP contribution in [0.1, 0.15) is 17.9 Å². The molecule has 1 aliphatic rings. The summed E-state index contributed by atoms with van der Waals surface area (Å²) in [5.74, 6) is 1.10. The minimum atomic E-state index is 0.398. The molecule has 264 valence electrons. The van der Waals surface area contributed by atoms with Crippen molar-refractivity contribution in [2.24, 2.45) is 0 Å². The molecule has 3 aromatic heterocycles. The van der Waals surface area contributed by atoms with E-state index in [0.717, 1.165) is 67.7 Å².